The fourth-order valence-corrected chi connectivity index (χ4v) is 2.77. The molecule has 0 bridgehead atoms. The first-order valence-electron chi connectivity index (χ1n) is 5.67. The minimum atomic E-state index is -0.989. The van der Waals surface area contributed by atoms with Crippen molar-refractivity contribution in [3.8, 4) is 0 Å². The van der Waals surface area contributed by atoms with Gasteiger partial charge >= 0.3 is 5.97 Å². The molecule has 0 aromatic heterocycles. The van der Waals surface area contributed by atoms with Crippen molar-refractivity contribution in [2.75, 3.05) is 5.32 Å². The van der Waals surface area contributed by atoms with E-state index in [9.17, 15) is 9.90 Å². The Labute approximate surface area is 138 Å². The fourth-order valence-electron chi connectivity index (χ4n) is 1.72. The summed E-state index contributed by atoms with van der Waals surface area (Å²) in [6.45, 7) is 0. The van der Waals surface area contributed by atoms with Gasteiger partial charge in [0.1, 0.15) is 0 Å². The molecule has 1 unspecified atom stereocenters. The average molecular weight is 420 g/mol. The molecule has 2 aromatic rings. The SMILES string of the molecule is O=C(O)C(Nc1ccc(Br)cc1)c1ccc(Br)cc1Cl. The van der Waals surface area contributed by atoms with E-state index in [4.69, 9.17) is 11.6 Å². The van der Waals surface area contributed by atoms with Crippen molar-refractivity contribution in [1.82, 2.24) is 0 Å². The summed E-state index contributed by atoms with van der Waals surface area (Å²) < 4.78 is 1.73. The lowest BCUT2D eigenvalue weighted by Gasteiger charge is -2.17. The maximum atomic E-state index is 11.5. The van der Waals surface area contributed by atoms with E-state index in [0.717, 1.165) is 8.95 Å². The predicted octanol–water partition coefficient (Wildman–Crippen LogP) is 5.10. The van der Waals surface area contributed by atoms with Gasteiger partial charge in [-0.25, -0.2) is 4.79 Å². The largest absolute Gasteiger partial charge is 0.479 e. The molecule has 20 heavy (non-hydrogen) atoms. The smallest absolute Gasteiger partial charge is 0.330 e. The van der Waals surface area contributed by atoms with Gasteiger partial charge in [-0.1, -0.05) is 49.5 Å². The zero-order valence-electron chi connectivity index (χ0n) is 10.1. The molecule has 1 atom stereocenters. The maximum Gasteiger partial charge on any atom is 0.330 e. The van der Waals surface area contributed by atoms with Gasteiger partial charge in [0.05, 0.1) is 0 Å². The van der Waals surface area contributed by atoms with E-state index in [2.05, 4.69) is 37.2 Å². The van der Waals surface area contributed by atoms with Gasteiger partial charge in [-0.2, -0.15) is 0 Å². The van der Waals surface area contributed by atoms with Crippen LogP contribution in [0.25, 0.3) is 0 Å². The first-order valence-corrected chi connectivity index (χ1v) is 7.63. The third kappa shape index (κ3) is 3.75. The van der Waals surface area contributed by atoms with Crippen LogP contribution >= 0.6 is 43.5 Å². The molecule has 0 amide bonds. The molecule has 0 aliphatic heterocycles. The van der Waals surface area contributed by atoms with Gasteiger partial charge in [0.2, 0.25) is 0 Å². The number of carboxylic acids is 1. The lowest BCUT2D eigenvalue weighted by Crippen LogP contribution is -2.20. The molecule has 2 aromatic carbocycles. The number of hydrogen-bond donors (Lipinski definition) is 2. The quantitative estimate of drug-likeness (QED) is 0.725. The minimum Gasteiger partial charge on any atom is -0.479 e. The van der Waals surface area contributed by atoms with Crippen LogP contribution in [0.15, 0.2) is 51.4 Å². The molecule has 0 saturated heterocycles. The van der Waals surface area contributed by atoms with Crippen molar-refractivity contribution in [3.05, 3.63) is 62.0 Å². The second kappa shape index (κ2) is 6.61. The average Bonchev–Trinajstić information content (AvgIpc) is 2.39. The van der Waals surface area contributed by atoms with Gasteiger partial charge in [0.15, 0.2) is 6.04 Å². The molecule has 0 aliphatic rings. The summed E-state index contributed by atoms with van der Waals surface area (Å²) in [5, 5.41) is 12.8. The second-order valence-electron chi connectivity index (χ2n) is 4.09. The minimum absolute atomic E-state index is 0.399. The van der Waals surface area contributed by atoms with Gasteiger partial charge in [-0.15, -0.1) is 0 Å². The number of aliphatic carboxylic acids is 1. The number of hydrogen-bond acceptors (Lipinski definition) is 2. The molecule has 0 spiro atoms. The van der Waals surface area contributed by atoms with E-state index >= 15 is 0 Å². The highest BCUT2D eigenvalue weighted by atomic mass is 79.9. The summed E-state index contributed by atoms with van der Waals surface area (Å²) in [5.74, 6) is -0.989. The van der Waals surface area contributed by atoms with Crippen LogP contribution in [0.2, 0.25) is 5.02 Å². The van der Waals surface area contributed by atoms with Crippen LogP contribution in [0.4, 0.5) is 5.69 Å². The molecule has 0 fully saturated rings. The summed E-state index contributed by atoms with van der Waals surface area (Å²) in [4.78, 5) is 11.5. The Hall–Kier alpha value is -1.04. The van der Waals surface area contributed by atoms with Crippen LogP contribution in [-0.2, 0) is 4.79 Å². The molecule has 0 saturated carbocycles. The van der Waals surface area contributed by atoms with Crippen molar-refractivity contribution in [2.45, 2.75) is 6.04 Å². The molecular formula is C14H10Br2ClNO2. The lowest BCUT2D eigenvalue weighted by atomic mass is 10.1. The van der Waals surface area contributed by atoms with Crippen LogP contribution in [-0.4, -0.2) is 11.1 Å². The lowest BCUT2D eigenvalue weighted by molar-refractivity contribution is -0.138. The molecule has 2 rings (SSSR count). The van der Waals surface area contributed by atoms with E-state index < -0.39 is 12.0 Å². The normalized spacial score (nSPS) is 11.9. The van der Waals surface area contributed by atoms with E-state index in [1.807, 2.05) is 12.1 Å². The molecule has 0 heterocycles. The van der Waals surface area contributed by atoms with Crippen molar-refractivity contribution in [1.29, 1.82) is 0 Å². The van der Waals surface area contributed by atoms with E-state index in [0.29, 0.717) is 16.3 Å². The Morgan fingerprint density at radius 3 is 2.25 bits per heavy atom. The Bertz CT molecular complexity index is 632. The summed E-state index contributed by atoms with van der Waals surface area (Å²) in [7, 11) is 0. The Kier molecular flexibility index (Phi) is 5.07. The molecule has 2 N–H and O–H groups in total. The standard InChI is InChI=1S/C14H10Br2ClNO2/c15-8-1-4-10(5-2-8)18-13(14(19)20)11-6-3-9(16)7-12(11)17/h1-7,13,18H,(H,19,20). The molecule has 3 nitrogen and oxygen atoms in total. The van der Waals surface area contributed by atoms with Gasteiger partial charge in [0, 0.05) is 25.2 Å². The highest BCUT2D eigenvalue weighted by Gasteiger charge is 2.22. The third-order valence-corrected chi connectivity index (χ3v) is 4.02. The number of carbonyl (C=O) groups is 1. The van der Waals surface area contributed by atoms with Gasteiger partial charge in [-0.3, -0.25) is 0 Å². The summed E-state index contributed by atoms with van der Waals surface area (Å²) in [6, 6.07) is 11.5. The topological polar surface area (TPSA) is 49.3 Å². The number of benzene rings is 2. The van der Waals surface area contributed by atoms with Crippen molar-refractivity contribution >= 4 is 55.1 Å². The molecule has 104 valence electrons. The number of nitrogens with one attached hydrogen (secondary N) is 1. The summed E-state index contributed by atoms with van der Waals surface area (Å²) >= 11 is 12.8. The highest BCUT2D eigenvalue weighted by molar-refractivity contribution is 9.10. The van der Waals surface area contributed by atoms with Gasteiger partial charge in [0.25, 0.3) is 0 Å². The van der Waals surface area contributed by atoms with E-state index in [1.165, 1.54) is 0 Å². The van der Waals surface area contributed by atoms with Crippen LogP contribution in [0.1, 0.15) is 11.6 Å². The Balaban J connectivity index is 2.31. The first-order chi connectivity index (χ1) is 9.47. The molecule has 6 heteroatoms. The number of anilines is 1. The number of carboxylic acid groups (broad SMARTS) is 1. The van der Waals surface area contributed by atoms with Crippen molar-refractivity contribution in [3.63, 3.8) is 0 Å². The third-order valence-electron chi connectivity index (χ3n) is 2.68. The van der Waals surface area contributed by atoms with Gasteiger partial charge in [-0.05, 0) is 36.4 Å². The second-order valence-corrected chi connectivity index (χ2v) is 6.33. The molecular weight excluding hydrogens is 409 g/mol. The van der Waals surface area contributed by atoms with Crippen LogP contribution in [0.3, 0.4) is 0 Å². The van der Waals surface area contributed by atoms with Crippen LogP contribution in [0.5, 0.6) is 0 Å². The van der Waals surface area contributed by atoms with Crippen LogP contribution < -0.4 is 5.32 Å². The Morgan fingerprint density at radius 1 is 1.10 bits per heavy atom. The first kappa shape index (κ1) is 15.4. The summed E-state index contributed by atoms with van der Waals surface area (Å²) in [5.41, 5.74) is 1.23. The predicted molar refractivity (Wildman–Crippen MR) is 87.3 cm³/mol. The zero-order chi connectivity index (χ0) is 14.7. The monoisotopic (exact) mass is 417 g/mol. The van der Waals surface area contributed by atoms with Gasteiger partial charge < -0.3 is 10.4 Å². The number of halogens is 3. The zero-order valence-corrected chi connectivity index (χ0v) is 14.0. The van der Waals surface area contributed by atoms with E-state index in [-0.39, 0.29) is 0 Å². The highest BCUT2D eigenvalue weighted by Crippen LogP contribution is 2.29. The molecule has 0 aliphatic carbocycles. The fraction of sp³-hybridized carbons (Fsp3) is 0.0714. The van der Waals surface area contributed by atoms with Crippen LogP contribution in [0, 0.1) is 0 Å². The molecule has 0 radical (unpaired) electrons. The maximum absolute atomic E-state index is 11.5. The van der Waals surface area contributed by atoms with E-state index in [1.54, 1.807) is 30.3 Å². The number of rotatable bonds is 4. The Morgan fingerprint density at radius 2 is 1.70 bits per heavy atom. The summed E-state index contributed by atoms with van der Waals surface area (Å²) in [6.07, 6.45) is 0. The van der Waals surface area contributed by atoms with Crippen molar-refractivity contribution < 1.29 is 9.90 Å². The van der Waals surface area contributed by atoms with Crippen molar-refractivity contribution in [2.24, 2.45) is 0 Å².